The fourth-order valence-corrected chi connectivity index (χ4v) is 4.31. The second kappa shape index (κ2) is 11.7. The molecule has 3 rings (SSSR count). The largest absolute Gasteiger partial charge is 0.341 e. The van der Waals surface area contributed by atoms with Crippen molar-refractivity contribution in [3.8, 4) is 11.1 Å². The Bertz CT molecular complexity index is 998. The van der Waals surface area contributed by atoms with E-state index in [1.54, 1.807) is 11.0 Å². The number of amides is 3. The van der Waals surface area contributed by atoms with Gasteiger partial charge in [0.1, 0.15) is 0 Å². The van der Waals surface area contributed by atoms with Crippen molar-refractivity contribution in [2.75, 3.05) is 7.05 Å². The van der Waals surface area contributed by atoms with Crippen LogP contribution in [0.25, 0.3) is 17.2 Å². The van der Waals surface area contributed by atoms with E-state index < -0.39 is 0 Å². The molecule has 1 heterocycles. The Hall–Kier alpha value is -2.86. The van der Waals surface area contributed by atoms with Crippen molar-refractivity contribution < 1.29 is 14.4 Å². The van der Waals surface area contributed by atoms with Crippen LogP contribution in [0.2, 0.25) is 0 Å². The van der Waals surface area contributed by atoms with E-state index in [-0.39, 0.29) is 17.1 Å². The number of carbonyl (C=O) groups is 3. The minimum absolute atomic E-state index is 0.191. The summed E-state index contributed by atoms with van der Waals surface area (Å²) in [6.45, 7) is 2.78. The van der Waals surface area contributed by atoms with E-state index >= 15 is 0 Å². The molecule has 0 radical (unpaired) electrons. The van der Waals surface area contributed by atoms with E-state index in [0.717, 1.165) is 46.9 Å². The zero-order valence-corrected chi connectivity index (χ0v) is 19.5. The van der Waals surface area contributed by atoms with Gasteiger partial charge in [0.05, 0.1) is 4.91 Å². The Labute approximate surface area is 194 Å². The number of rotatable bonds is 10. The van der Waals surface area contributed by atoms with Crippen LogP contribution in [-0.2, 0) is 16.1 Å². The highest BCUT2D eigenvalue weighted by molar-refractivity contribution is 8.18. The van der Waals surface area contributed by atoms with Crippen molar-refractivity contribution in [2.45, 2.75) is 52.0 Å². The molecule has 3 amide bonds. The Morgan fingerprint density at radius 2 is 1.75 bits per heavy atom. The van der Waals surface area contributed by atoms with Gasteiger partial charge in [-0.1, -0.05) is 75.1 Å². The summed E-state index contributed by atoms with van der Waals surface area (Å²) < 4.78 is 0. The summed E-state index contributed by atoms with van der Waals surface area (Å²) in [6, 6.07) is 16.1. The third kappa shape index (κ3) is 6.82. The van der Waals surface area contributed by atoms with E-state index in [1.807, 2.05) is 49.5 Å². The number of unbranched alkanes of at least 4 members (excludes halogenated alkanes) is 4. The number of imide groups is 1. The summed E-state index contributed by atoms with van der Waals surface area (Å²) >= 11 is 0.916. The van der Waals surface area contributed by atoms with Gasteiger partial charge in [-0.05, 0) is 52.6 Å². The fourth-order valence-electron chi connectivity index (χ4n) is 3.63. The first kappa shape index (κ1) is 23.8. The molecular formula is C26H30N2O3S. The monoisotopic (exact) mass is 450 g/mol. The summed E-state index contributed by atoms with van der Waals surface area (Å²) in [4.78, 5) is 37.6. The van der Waals surface area contributed by atoms with Crippen LogP contribution in [0.4, 0.5) is 4.79 Å². The molecule has 2 aromatic rings. The Morgan fingerprint density at radius 1 is 1.00 bits per heavy atom. The van der Waals surface area contributed by atoms with Crippen molar-refractivity contribution in [1.82, 2.24) is 10.2 Å². The minimum Gasteiger partial charge on any atom is -0.341 e. The summed E-state index contributed by atoms with van der Waals surface area (Å²) in [7, 11) is 1.87. The molecule has 0 atom stereocenters. The van der Waals surface area contributed by atoms with E-state index in [9.17, 15) is 14.4 Å². The fraction of sp³-hybridized carbons (Fsp3) is 0.346. The molecule has 1 N–H and O–H groups in total. The quantitative estimate of drug-likeness (QED) is 0.356. The number of nitrogens with one attached hydrogen (secondary N) is 1. The first-order valence-corrected chi connectivity index (χ1v) is 12.0. The van der Waals surface area contributed by atoms with Crippen molar-refractivity contribution in [3.05, 3.63) is 64.6 Å². The van der Waals surface area contributed by atoms with E-state index in [2.05, 4.69) is 18.3 Å². The van der Waals surface area contributed by atoms with Crippen LogP contribution in [0.15, 0.2) is 53.4 Å². The number of nitrogens with zero attached hydrogens (tertiary/aromatic N) is 1. The zero-order chi connectivity index (χ0) is 22.9. The van der Waals surface area contributed by atoms with Gasteiger partial charge in [-0.3, -0.25) is 19.7 Å². The van der Waals surface area contributed by atoms with Crippen LogP contribution in [-0.4, -0.2) is 29.0 Å². The lowest BCUT2D eigenvalue weighted by Gasteiger charge is -2.18. The molecule has 1 aliphatic rings. The lowest BCUT2D eigenvalue weighted by Crippen LogP contribution is -2.25. The van der Waals surface area contributed by atoms with E-state index in [0.29, 0.717) is 17.9 Å². The zero-order valence-electron chi connectivity index (χ0n) is 18.7. The highest BCUT2D eigenvalue weighted by Crippen LogP contribution is 2.27. The Balaban J connectivity index is 1.59. The lowest BCUT2D eigenvalue weighted by atomic mass is 10.0. The predicted octanol–water partition coefficient (Wildman–Crippen LogP) is 6.00. The SMILES string of the molecule is CCCCCCCC(=O)N(C)Cc1cccc(-c2ccc(/C=C3/SC(=O)NC3=O)cc2)c1. The van der Waals surface area contributed by atoms with Gasteiger partial charge in [0.15, 0.2) is 0 Å². The van der Waals surface area contributed by atoms with Gasteiger partial charge >= 0.3 is 0 Å². The maximum atomic E-state index is 12.4. The second-order valence-electron chi connectivity index (χ2n) is 8.09. The minimum atomic E-state index is -0.351. The van der Waals surface area contributed by atoms with Gasteiger partial charge < -0.3 is 4.90 Å². The maximum absolute atomic E-state index is 12.4. The van der Waals surface area contributed by atoms with Crippen LogP contribution in [0.1, 0.15) is 56.6 Å². The second-order valence-corrected chi connectivity index (χ2v) is 9.10. The number of benzene rings is 2. The average Bonchev–Trinajstić information content (AvgIpc) is 3.10. The average molecular weight is 451 g/mol. The third-order valence-electron chi connectivity index (χ3n) is 5.45. The van der Waals surface area contributed by atoms with Gasteiger partial charge in [-0.15, -0.1) is 0 Å². The molecule has 168 valence electrons. The van der Waals surface area contributed by atoms with E-state index in [1.165, 1.54) is 19.3 Å². The summed E-state index contributed by atoms with van der Waals surface area (Å²) in [5.74, 6) is -0.159. The van der Waals surface area contributed by atoms with Gasteiger partial charge in [-0.2, -0.15) is 0 Å². The molecule has 0 spiro atoms. The Kier molecular flexibility index (Phi) is 8.68. The number of carbonyl (C=O) groups excluding carboxylic acids is 3. The lowest BCUT2D eigenvalue weighted by molar-refractivity contribution is -0.130. The number of thioether (sulfide) groups is 1. The predicted molar refractivity (Wildman–Crippen MR) is 131 cm³/mol. The third-order valence-corrected chi connectivity index (χ3v) is 6.26. The van der Waals surface area contributed by atoms with Crippen LogP contribution < -0.4 is 5.32 Å². The number of hydrogen-bond acceptors (Lipinski definition) is 4. The number of hydrogen-bond donors (Lipinski definition) is 1. The molecule has 5 nitrogen and oxygen atoms in total. The standard InChI is InChI=1S/C26H30N2O3S/c1-3-4-5-6-7-11-24(29)28(2)18-20-9-8-10-22(16-20)21-14-12-19(13-15-21)17-23-25(30)27-26(31)32-23/h8-10,12-17H,3-7,11,18H2,1-2H3,(H,27,30,31)/b23-17+. The van der Waals surface area contributed by atoms with Crippen LogP contribution in [0.5, 0.6) is 0 Å². The first-order valence-electron chi connectivity index (χ1n) is 11.1. The van der Waals surface area contributed by atoms with Gasteiger partial charge in [-0.25, -0.2) is 0 Å². The molecule has 2 aromatic carbocycles. The summed E-state index contributed by atoms with van der Waals surface area (Å²) in [5, 5.41) is 1.92. The maximum Gasteiger partial charge on any atom is 0.290 e. The van der Waals surface area contributed by atoms with Gasteiger partial charge in [0.2, 0.25) is 5.91 Å². The van der Waals surface area contributed by atoms with Crippen molar-refractivity contribution >= 4 is 34.9 Å². The molecular weight excluding hydrogens is 420 g/mol. The Morgan fingerprint density at radius 3 is 2.44 bits per heavy atom. The first-order chi connectivity index (χ1) is 15.5. The van der Waals surface area contributed by atoms with Crippen LogP contribution in [0, 0.1) is 0 Å². The molecule has 6 heteroatoms. The molecule has 1 aliphatic heterocycles. The molecule has 32 heavy (non-hydrogen) atoms. The highest BCUT2D eigenvalue weighted by atomic mass is 32.2. The topological polar surface area (TPSA) is 66.5 Å². The molecule has 1 fully saturated rings. The normalized spacial score (nSPS) is 14.6. The van der Waals surface area contributed by atoms with E-state index in [4.69, 9.17) is 0 Å². The molecule has 0 unspecified atom stereocenters. The molecule has 0 saturated carbocycles. The molecule has 1 saturated heterocycles. The molecule has 0 aliphatic carbocycles. The van der Waals surface area contributed by atoms with Crippen molar-refractivity contribution in [1.29, 1.82) is 0 Å². The van der Waals surface area contributed by atoms with Gasteiger partial charge in [0.25, 0.3) is 11.1 Å². The smallest absolute Gasteiger partial charge is 0.290 e. The van der Waals surface area contributed by atoms with Crippen LogP contribution >= 0.6 is 11.8 Å². The highest BCUT2D eigenvalue weighted by Gasteiger charge is 2.24. The van der Waals surface area contributed by atoms with Gasteiger partial charge in [0, 0.05) is 20.0 Å². The van der Waals surface area contributed by atoms with Crippen LogP contribution in [0.3, 0.4) is 0 Å². The van der Waals surface area contributed by atoms with Crippen molar-refractivity contribution in [3.63, 3.8) is 0 Å². The van der Waals surface area contributed by atoms with Crippen molar-refractivity contribution in [2.24, 2.45) is 0 Å². The summed E-state index contributed by atoms with van der Waals surface area (Å²) in [5.41, 5.74) is 4.08. The molecule has 0 bridgehead atoms. The summed E-state index contributed by atoms with van der Waals surface area (Å²) in [6.07, 6.45) is 8.06. The molecule has 0 aromatic heterocycles.